The molecule has 0 aliphatic carbocycles. The van der Waals surface area contributed by atoms with E-state index < -0.39 is 0 Å². The molecule has 0 atom stereocenters. The quantitative estimate of drug-likeness (QED) is 0.647. The van der Waals surface area contributed by atoms with Crippen LogP contribution in [0, 0.1) is 3.57 Å². The zero-order valence-electron chi connectivity index (χ0n) is 14.1. The first-order chi connectivity index (χ1) is 12.5. The summed E-state index contributed by atoms with van der Waals surface area (Å²) in [6, 6.07) is 14.4. The predicted octanol–water partition coefficient (Wildman–Crippen LogP) is 4.32. The monoisotopic (exact) mass is 483 g/mol. The highest BCUT2D eigenvalue weighted by Gasteiger charge is 2.22. The summed E-state index contributed by atoms with van der Waals surface area (Å²) in [7, 11) is 0. The van der Waals surface area contributed by atoms with Crippen molar-refractivity contribution in [2.75, 3.05) is 31.5 Å². The molecule has 1 aliphatic heterocycles. The first-order valence-electron chi connectivity index (χ1n) is 8.39. The Morgan fingerprint density at radius 3 is 2.38 bits per heavy atom. The number of nitrogens with one attached hydrogen (secondary N) is 1. The smallest absolute Gasteiger partial charge is 0.321 e. The van der Waals surface area contributed by atoms with Crippen molar-refractivity contribution in [1.82, 2.24) is 9.80 Å². The minimum Gasteiger partial charge on any atom is -0.337 e. The third-order valence-electron chi connectivity index (χ3n) is 4.24. The van der Waals surface area contributed by atoms with Gasteiger partial charge in [-0.2, -0.15) is 0 Å². The maximum Gasteiger partial charge on any atom is 0.321 e. The van der Waals surface area contributed by atoms with Gasteiger partial charge in [0, 0.05) is 46.0 Å². The highest BCUT2D eigenvalue weighted by Crippen LogP contribution is 2.16. The molecule has 1 fully saturated rings. The number of hydrogen-bond acceptors (Lipinski definition) is 2. The molecule has 0 radical (unpaired) electrons. The van der Waals surface area contributed by atoms with Crippen LogP contribution in [0.15, 0.2) is 48.5 Å². The summed E-state index contributed by atoms with van der Waals surface area (Å²) in [6.07, 6.45) is 0.749. The van der Waals surface area contributed by atoms with Crippen LogP contribution in [0.5, 0.6) is 0 Å². The van der Waals surface area contributed by atoms with E-state index in [0.29, 0.717) is 42.5 Å². The molecule has 0 spiro atoms. The highest BCUT2D eigenvalue weighted by molar-refractivity contribution is 14.1. The fourth-order valence-corrected chi connectivity index (χ4v) is 3.42. The maximum atomic E-state index is 12.7. The summed E-state index contributed by atoms with van der Waals surface area (Å²) in [5.41, 5.74) is 1.35. The van der Waals surface area contributed by atoms with Gasteiger partial charge in [0.15, 0.2) is 0 Å². The number of benzene rings is 2. The molecule has 0 saturated carbocycles. The van der Waals surface area contributed by atoms with Crippen LogP contribution in [-0.4, -0.2) is 47.9 Å². The zero-order valence-corrected chi connectivity index (χ0v) is 17.0. The average molecular weight is 484 g/mol. The Bertz CT molecular complexity index is 798. The van der Waals surface area contributed by atoms with Crippen molar-refractivity contribution in [2.24, 2.45) is 0 Å². The fraction of sp³-hybridized carbons (Fsp3) is 0.263. The number of nitrogens with zero attached hydrogens (tertiary/aromatic N) is 2. The lowest BCUT2D eigenvalue weighted by molar-refractivity contribution is 0.0762. The van der Waals surface area contributed by atoms with Gasteiger partial charge in [0.1, 0.15) is 0 Å². The standard InChI is InChI=1S/C19H19ClIN3O2/c20-15-3-1-4-17(13-15)22-19(26)24-10-2-9-23(11-12-24)18(25)14-5-7-16(21)8-6-14/h1,3-8,13H,2,9-12H2,(H,22,26). The number of hydrogen-bond donors (Lipinski definition) is 1. The second kappa shape index (κ2) is 8.73. The van der Waals surface area contributed by atoms with Gasteiger partial charge in [-0.15, -0.1) is 0 Å². The van der Waals surface area contributed by atoms with E-state index >= 15 is 0 Å². The molecule has 2 aromatic carbocycles. The van der Waals surface area contributed by atoms with Crippen molar-refractivity contribution in [3.05, 3.63) is 62.7 Å². The summed E-state index contributed by atoms with van der Waals surface area (Å²) in [5.74, 6) is 0.0125. The molecule has 1 heterocycles. The van der Waals surface area contributed by atoms with Crippen LogP contribution in [0.25, 0.3) is 0 Å². The van der Waals surface area contributed by atoms with E-state index in [0.717, 1.165) is 9.99 Å². The normalized spacial score (nSPS) is 14.7. The van der Waals surface area contributed by atoms with Gasteiger partial charge < -0.3 is 15.1 Å². The van der Waals surface area contributed by atoms with Gasteiger partial charge in [0.2, 0.25) is 0 Å². The van der Waals surface area contributed by atoms with E-state index in [4.69, 9.17) is 11.6 Å². The number of halogens is 2. The fourth-order valence-electron chi connectivity index (χ4n) is 2.87. The Hall–Kier alpha value is -1.80. The molecule has 136 valence electrons. The Morgan fingerprint density at radius 2 is 1.65 bits per heavy atom. The molecule has 1 N–H and O–H groups in total. The molecule has 3 rings (SSSR count). The number of carbonyl (C=O) groups excluding carboxylic acids is 2. The van der Waals surface area contributed by atoms with Gasteiger partial charge in [-0.1, -0.05) is 17.7 Å². The minimum atomic E-state index is -0.171. The minimum absolute atomic E-state index is 0.0125. The molecule has 1 aliphatic rings. The van der Waals surface area contributed by atoms with Crippen LogP contribution in [0.3, 0.4) is 0 Å². The number of carbonyl (C=O) groups is 2. The van der Waals surface area contributed by atoms with Crippen molar-refractivity contribution in [1.29, 1.82) is 0 Å². The van der Waals surface area contributed by atoms with Crippen LogP contribution < -0.4 is 5.32 Å². The van der Waals surface area contributed by atoms with Crippen molar-refractivity contribution in [3.63, 3.8) is 0 Å². The number of rotatable bonds is 2. The van der Waals surface area contributed by atoms with E-state index in [-0.39, 0.29) is 11.9 Å². The molecular weight excluding hydrogens is 465 g/mol. The summed E-state index contributed by atoms with van der Waals surface area (Å²) in [5, 5.41) is 3.44. The first kappa shape index (κ1) is 19.0. The molecule has 1 saturated heterocycles. The Morgan fingerprint density at radius 1 is 0.962 bits per heavy atom. The van der Waals surface area contributed by atoms with E-state index in [1.807, 2.05) is 29.2 Å². The van der Waals surface area contributed by atoms with Gasteiger partial charge in [-0.25, -0.2) is 4.79 Å². The molecule has 0 unspecified atom stereocenters. The largest absolute Gasteiger partial charge is 0.337 e. The Labute approximate surface area is 171 Å². The van der Waals surface area contributed by atoms with Crippen LogP contribution in [0.2, 0.25) is 5.02 Å². The average Bonchev–Trinajstić information content (AvgIpc) is 2.88. The molecule has 0 aromatic heterocycles. The summed E-state index contributed by atoms with van der Waals surface area (Å²) >= 11 is 8.17. The summed E-state index contributed by atoms with van der Waals surface area (Å²) in [6.45, 7) is 2.28. The second-order valence-corrected chi connectivity index (χ2v) is 7.76. The first-order valence-corrected chi connectivity index (χ1v) is 9.85. The lowest BCUT2D eigenvalue weighted by atomic mass is 10.2. The van der Waals surface area contributed by atoms with Crippen LogP contribution >= 0.6 is 34.2 Å². The van der Waals surface area contributed by atoms with Gasteiger partial charge in [0.05, 0.1) is 0 Å². The number of amides is 3. The number of anilines is 1. The predicted molar refractivity (Wildman–Crippen MR) is 112 cm³/mol. The van der Waals surface area contributed by atoms with E-state index in [1.54, 1.807) is 29.2 Å². The van der Waals surface area contributed by atoms with Crippen LogP contribution in [0.4, 0.5) is 10.5 Å². The molecule has 5 nitrogen and oxygen atoms in total. The molecule has 0 bridgehead atoms. The highest BCUT2D eigenvalue weighted by atomic mass is 127. The van der Waals surface area contributed by atoms with E-state index in [1.165, 1.54) is 0 Å². The van der Waals surface area contributed by atoms with Crippen molar-refractivity contribution < 1.29 is 9.59 Å². The van der Waals surface area contributed by atoms with Gasteiger partial charge in [0.25, 0.3) is 5.91 Å². The molecule has 7 heteroatoms. The van der Waals surface area contributed by atoms with Gasteiger partial charge in [-0.05, 0) is 71.5 Å². The number of urea groups is 1. The van der Waals surface area contributed by atoms with Gasteiger partial charge >= 0.3 is 6.03 Å². The van der Waals surface area contributed by atoms with Crippen LogP contribution in [0.1, 0.15) is 16.8 Å². The Kier molecular flexibility index (Phi) is 6.37. The van der Waals surface area contributed by atoms with E-state index in [9.17, 15) is 9.59 Å². The van der Waals surface area contributed by atoms with Gasteiger partial charge in [-0.3, -0.25) is 4.79 Å². The second-order valence-electron chi connectivity index (χ2n) is 6.08. The van der Waals surface area contributed by atoms with E-state index in [2.05, 4.69) is 27.9 Å². The van der Waals surface area contributed by atoms with Crippen LogP contribution in [-0.2, 0) is 0 Å². The van der Waals surface area contributed by atoms with Crippen molar-refractivity contribution >= 4 is 51.8 Å². The zero-order chi connectivity index (χ0) is 18.5. The molecule has 3 amide bonds. The summed E-state index contributed by atoms with van der Waals surface area (Å²) in [4.78, 5) is 28.7. The van der Waals surface area contributed by atoms with Crippen molar-refractivity contribution in [2.45, 2.75) is 6.42 Å². The third-order valence-corrected chi connectivity index (χ3v) is 5.19. The lowest BCUT2D eigenvalue weighted by Gasteiger charge is -2.22. The van der Waals surface area contributed by atoms with Crippen molar-refractivity contribution in [3.8, 4) is 0 Å². The molecule has 26 heavy (non-hydrogen) atoms. The topological polar surface area (TPSA) is 52.7 Å². The lowest BCUT2D eigenvalue weighted by Crippen LogP contribution is -2.39. The third kappa shape index (κ3) is 4.88. The summed E-state index contributed by atoms with van der Waals surface area (Å²) < 4.78 is 1.10. The molecule has 2 aromatic rings. The maximum absolute atomic E-state index is 12.7. The SMILES string of the molecule is O=C(Nc1cccc(Cl)c1)N1CCCN(C(=O)c2ccc(I)cc2)CC1. The molecular formula is C19H19ClIN3O2. The Balaban J connectivity index is 1.59.